The van der Waals surface area contributed by atoms with Crippen molar-refractivity contribution in [2.45, 2.75) is 25.8 Å². The molecule has 1 aromatic heterocycles. The third-order valence-corrected chi connectivity index (χ3v) is 5.66. The maximum absolute atomic E-state index is 12.3. The van der Waals surface area contributed by atoms with E-state index in [-0.39, 0.29) is 11.7 Å². The van der Waals surface area contributed by atoms with Crippen LogP contribution in [0, 0.1) is 20.8 Å². The summed E-state index contributed by atoms with van der Waals surface area (Å²) in [5, 5.41) is 12.2. The third-order valence-electron chi connectivity index (χ3n) is 4.74. The zero-order valence-corrected chi connectivity index (χ0v) is 18.6. The first kappa shape index (κ1) is 21.6. The molecule has 7 heteroatoms. The van der Waals surface area contributed by atoms with Crippen LogP contribution in [0.25, 0.3) is 11.3 Å². The molecule has 0 spiro atoms. The van der Waals surface area contributed by atoms with E-state index in [1.807, 2.05) is 12.1 Å². The van der Waals surface area contributed by atoms with Gasteiger partial charge in [0.2, 0.25) is 5.91 Å². The first-order valence-corrected chi connectivity index (χ1v) is 10.5. The van der Waals surface area contributed by atoms with Gasteiger partial charge < -0.3 is 14.8 Å². The van der Waals surface area contributed by atoms with Gasteiger partial charge in [-0.3, -0.25) is 4.79 Å². The second-order valence-corrected chi connectivity index (χ2v) is 7.94. The topological polar surface area (TPSA) is 73.3 Å². The first-order chi connectivity index (χ1) is 14.4. The molecule has 6 nitrogen and oxygen atoms in total. The highest BCUT2D eigenvalue weighted by Gasteiger charge is 2.10. The maximum atomic E-state index is 12.3. The van der Waals surface area contributed by atoms with E-state index >= 15 is 0 Å². The van der Waals surface area contributed by atoms with Crippen LogP contribution in [0.5, 0.6) is 11.5 Å². The lowest BCUT2D eigenvalue weighted by atomic mass is 9.99. The molecule has 30 heavy (non-hydrogen) atoms. The summed E-state index contributed by atoms with van der Waals surface area (Å²) in [5.74, 6) is 1.29. The Labute approximate surface area is 181 Å². The van der Waals surface area contributed by atoms with Gasteiger partial charge in [0.1, 0.15) is 16.5 Å². The number of rotatable bonds is 7. The van der Waals surface area contributed by atoms with Gasteiger partial charge in [-0.1, -0.05) is 17.8 Å². The minimum Gasteiger partial charge on any atom is -0.497 e. The van der Waals surface area contributed by atoms with Crippen molar-refractivity contribution in [2.24, 2.45) is 0 Å². The van der Waals surface area contributed by atoms with Gasteiger partial charge in [0, 0.05) is 29.4 Å². The maximum Gasteiger partial charge on any atom is 0.234 e. The first-order valence-electron chi connectivity index (χ1n) is 9.47. The molecule has 1 heterocycles. The number of methoxy groups -OCH3 is 2. The zero-order valence-electron chi connectivity index (χ0n) is 17.8. The van der Waals surface area contributed by atoms with Crippen LogP contribution in [0.1, 0.15) is 16.7 Å². The van der Waals surface area contributed by atoms with Gasteiger partial charge in [0.05, 0.1) is 25.7 Å². The normalized spacial score (nSPS) is 10.6. The number of nitrogens with one attached hydrogen (secondary N) is 1. The Bertz CT molecular complexity index is 1030. The number of amides is 1. The summed E-state index contributed by atoms with van der Waals surface area (Å²) in [5.41, 5.74) is 6.17. The van der Waals surface area contributed by atoms with Crippen molar-refractivity contribution < 1.29 is 14.3 Å². The van der Waals surface area contributed by atoms with E-state index in [9.17, 15) is 4.79 Å². The number of carbonyl (C=O) groups is 1. The van der Waals surface area contributed by atoms with E-state index in [2.05, 4.69) is 48.4 Å². The van der Waals surface area contributed by atoms with Crippen LogP contribution < -0.4 is 14.8 Å². The lowest BCUT2D eigenvalue weighted by Crippen LogP contribution is -2.14. The van der Waals surface area contributed by atoms with Gasteiger partial charge in [0.15, 0.2) is 0 Å². The summed E-state index contributed by atoms with van der Waals surface area (Å²) in [4.78, 5) is 12.3. The van der Waals surface area contributed by atoms with Crippen LogP contribution in [-0.2, 0) is 4.79 Å². The molecule has 0 atom stereocenters. The third kappa shape index (κ3) is 5.30. The molecule has 156 valence electrons. The van der Waals surface area contributed by atoms with Crippen LogP contribution in [0.15, 0.2) is 47.5 Å². The number of aryl methyl sites for hydroxylation is 3. The molecule has 0 bridgehead atoms. The highest BCUT2D eigenvalue weighted by Crippen LogP contribution is 2.27. The van der Waals surface area contributed by atoms with Crippen molar-refractivity contribution in [3.8, 4) is 22.8 Å². The number of hydrogen-bond donors (Lipinski definition) is 1. The Balaban J connectivity index is 1.63. The van der Waals surface area contributed by atoms with Crippen molar-refractivity contribution in [2.75, 3.05) is 25.3 Å². The van der Waals surface area contributed by atoms with Crippen LogP contribution in [0.3, 0.4) is 0 Å². The number of anilines is 1. The summed E-state index contributed by atoms with van der Waals surface area (Å²) in [7, 11) is 3.13. The molecule has 1 N–H and O–H groups in total. The molecule has 3 aromatic rings. The molecule has 3 rings (SSSR count). The lowest BCUT2D eigenvalue weighted by molar-refractivity contribution is -0.113. The largest absolute Gasteiger partial charge is 0.497 e. The molecule has 0 saturated heterocycles. The highest BCUT2D eigenvalue weighted by atomic mass is 32.2. The standard InChI is InChI=1S/C23H25N3O3S/c1-14-8-16(3)20(9-15(14)2)21-6-7-23(26-25-21)30-13-22(27)24-17-10-18(28-4)12-19(11-17)29-5/h6-12H,13H2,1-5H3,(H,24,27). The Kier molecular flexibility index (Phi) is 6.95. The lowest BCUT2D eigenvalue weighted by Gasteiger charge is -2.10. The number of ether oxygens (including phenoxy) is 2. The van der Waals surface area contributed by atoms with E-state index < -0.39 is 0 Å². The minimum absolute atomic E-state index is 0.147. The van der Waals surface area contributed by atoms with Crippen molar-refractivity contribution in [1.82, 2.24) is 10.2 Å². The number of aromatic nitrogens is 2. The summed E-state index contributed by atoms with van der Waals surface area (Å²) >= 11 is 1.33. The van der Waals surface area contributed by atoms with Gasteiger partial charge in [-0.15, -0.1) is 10.2 Å². The fraction of sp³-hybridized carbons (Fsp3) is 0.261. The molecular formula is C23H25N3O3S. The zero-order chi connectivity index (χ0) is 21.7. The number of hydrogen-bond acceptors (Lipinski definition) is 6. The number of thioether (sulfide) groups is 1. The van der Waals surface area contributed by atoms with Gasteiger partial charge >= 0.3 is 0 Å². The molecular weight excluding hydrogens is 398 g/mol. The SMILES string of the molecule is COc1cc(NC(=O)CSc2ccc(-c3cc(C)c(C)cc3C)nn2)cc(OC)c1. The Morgan fingerprint density at radius 2 is 1.57 bits per heavy atom. The average molecular weight is 424 g/mol. The fourth-order valence-electron chi connectivity index (χ4n) is 2.99. The van der Waals surface area contributed by atoms with Crippen molar-refractivity contribution in [3.63, 3.8) is 0 Å². The summed E-state index contributed by atoms with van der Waals surface area (Å²) in [6.45, 7) is 6.26. The molecule has 1 amide bonds. The van der Waals surface area contributed by atoms with E-state index in [1.165, 1.54) is 28.5 Å². The monoisotopic (exact) mass is 423 g/mol. The number of carbonyl (C=O) groups excluding carboxylic acids is 1. The second kappa shape index (κ2) is 9.63. The Hall–Kier alpha value is -3.06. The average Bonchev–Trinajstić information content (AvgIpc) is 2.75. The summed E-state index contributed by atoms with van der Waals surface area (Å²) in [6.07, 6.45) is 0. The number of nitrogens with zero attached hydrogens (tertiary/aromatic N) is 2. The second-order valence-electron chi connectivity index (χ2n) is 6.95. The van der Waals surface area contributed by atoms with Crippen molar-refractivity contribution >= 4 is 23.4 Å². The quantitative estimate of drug-likeness (QED) is 0.550. The van der Waals surface area contributed by atoms with Gasteiger partial charge in [-0.05, 0) is 55.7 Å². The molecule has 0 aliphatic rings. The van der Waals surface area contributed by atoms with Crippen LogP contribution in [-0.4, -0.2) is 36.1 Å². The van der Waals surface area contributed by atoms with Gasteiger partial charge in [-0.2, -0.15) is 0 Å². The molecule has 0 fully saturated rings. The van der Waals surface area contributed by atoms with E-state index in [1.54, 1.807) is 32.4 Å². The van der Waals surface area contributed by atoms with Crippen molar-refractivity contribution in [3.05, 3.63) is 59.2 Å². The Morgan fingerprint density at radius 3 is 2.17 bits per heavy atom. The van der Waals surface area contributed by atoms with E-state index in [4.69, 9.17) is 9.47 Å². The minimum atomic E-state index is -0.147. The predicted molar refractivity (Wildman–Crippen MR) is 121 cm³/mol. The highest BCUT2D eigenvalue weighted by molar-refractivity contribution is 7.99. The molecule has 0 saturated carbocycles. The van der Waals surface area contributed by atoms with Gasteiger partial charge in [0.25, 0.3) is 0 Å². The molecule has 0 unspecified atom stereocenters. The molecule has 0 aliphatic heterocycles. The Morgan fingerprint density at radius 1 is 0.900 bits per heavy atom. The van der Waals surface area contributed by atoms with E-state index in [0.717, 1.165) is 11.3 Å². The van der Waals surface area contributed by atoms with E-state index in [0.29, 0.717) is 22.2 Å². The molecule has 0 aliphatic carbocycles. The molecule has 2 aromatic carbocycles. The summed E-state index contributed by atoms with van der Waals surface area (Å²) in [6, 6.07) is 13.4. The van der Waals surface area contributed by atoms with Crippen LogP contribution in [0.4, 0.5) is 5.69 Å². The summed E-state index contributed by atoms with van der Waals surface area (Å²) < 4.78 is 10.4. The fourth-order valence-corrected chi connectivity index (χ4v) is 3.61. The predicted octanol–water partition coefficient (Wildman–Crippen LogP) is 4.82. The molecule has 0 radical (unpaired) electrons. The number of benzene rings is 2. The van der Waals surface area contributed by atoms with Gasteiger partial charge in [-0.25, -0.2) is 0 Å². The van der Waals surface area contributed by atoms with Crippen molar-refractivity contribution in [1.29, 1.82) is 0 Å². The van der Waals surface area contributed by atoms with Crippen LogP contribution in [0.2, 0.25) is 0 Å². The smallest absolute Gasteiger partial charge is 0.234 e. The van der Waals surface area contributed by atoms with Crippen LogP contribution >= 0.6 is 11.8 Å².